The number of nitrogens with one attached hydrogen (secondary N) is 3. The summed E-state index contributed by atoms with van der Waals surface area (Å²) in [4.78, 5) is 20.2. The molecule has 0 atom stereocenters. The smallest absolute Gasteiger partial charge is 0.360 e. The Bertz CT molecular complexity index is 2070. The molecular formula is C34H34F6N10OSi. The highest BCUT2D eigenvalue weighted by Crippen LogP contribution is 2.31. The van der Waals surface area contributed by atoms with E-state index in [2.05, 4.69) is 64.8 Å². The second-order valence-electron chi connectivity index (χ2n) is 12.5. The molecule has 0 spiro atoms. The number of hydrogen-bond acceptors (Lipinski definition) is 7. The van der Waals surface area contributed by atoms with E-state index in [1.165, 1.54) is 6.20 Å². The summed E-state index contributed by atoms with van der Waals surface area (Å²) in [7, 11) is -1.21. The molecule has 0 fully saturated rings. The lowest BCUT2D eigenvalue weighted by Crippen LogP contribution is -2.22. The van der Waals surface area contributed by atoms with Crippen molar-refractivity contribution in [1.82, 2.24) is 49.9 Å². The van der Waals surface area contributed by atoms with E-state index >= 15 is 0 Å². The lowest BCUT2D eigenvalue weighted by Gasteiger charge is -2.15. The molecule has 0 saturated carbocycles. The van der Waals surface area contributed by atoms with Crippen LogP contribution in [0, 0.1) is 0 Å². The molecular weight excluding hydrogens is 707 g/mol. The molecule has 6 aromatic rings. The standard InChI is InChI=1S/C20H24F3N5OSi.C14H10F3N5/c1-30(2,3)10-9-29-14-28-13-16(7-6-15-5-4-8-24-11-15)18(27-28)19-25-12-17(26-19)20(21,22)23;15-14(16,17)11-8-19-13(21-11)12-10(7-20-22-12)4-3-9-2-1-5-18-6-9/h4-8,11-13H,9-10,14H2,1-3H3,(H,25,26);1-8H,(H,19,21)(H,20,22)/b7-6+;4-3+. The van der Waals surface area contributed by atoms with E-state index in [0.717, 1.165) is 29.6 Å². The lowest BCUT2D eigenvalue weighted by molar-refractivity contribution is -0.141. The second-order valence-corrected chi connectivity index (χ2v) is 18.2. The first-order chi connectivity index (χ1) is 24.7. The number of halogens is 6. The number of nitrogens with zero attached hydrogens (tertiary/aromatic N) is 7. The molecule has 0 unspecified atom stereocenters. The van der Waals surface area contributed by atoms with Crippen molar-refractivity contribution in [3.05, 3.63) is 107 Å². The molecule has 52 heavy (non-hydrogen) atoms. The summed E-state index contributed by atoms with van der Waals surface area (Å²) in [6, 6.07) is 8.35. The molecule has 6 aromatic heterocycles. The Hall–Kier alpha value is -5.62. The van der Waals surface area contributed by atoms with Gasteiger partial charge in [-0.25, -0.2) is 14.6 Å². The van der Waals surface area contributed by atoms with Gasteiger partial charge in [-0.3, -0.25) is 15.1 Å². The van der Waals surface area contributed by atoms with Crippen molar-refractivity contribution < 1.29 is 31.1 Å². The summed E-state index contributed by atoms with van der Waals surface area (Å²) >= 11 is 0. The Kier molecular flexibility index (Phi) is 11.7. The molecule has 6 heterocycles. The minimum absolute atomic E-state index is 0.0500. The van der Waals surface area contributed by atoms with Crippen LogP contribution in [0.4, 0.5) is 26.3 Å². The fourth-order valence-electron chi connectivity index (χ4n) is 4.46. The minimum atomic E-state index is -4.50. The molecule has 0 bridgehead atoms. The van der Waals surface area contributed by atoms with Crippen molar-refractivity contribution in [3.8, 4) is 23.0 Å². The third-order valence-corrected chi connectivity index (χ3v) is 8.89. The normalized spacial score (nSPS) is 12.5. The SMILES string of the molecule is C[Si](C)(C)CCOCn1cc(/C=C/c2cccnc2)c(-c2ncc(C(F)(F)F)[nH]2)n1.FC(F)(F)c1cnc(-c2[nH]ncc2/C=C/c2cccnc2)[nH]1. The third kappa shape index (κ3) is 10.7. The van der Waals surface area contributed by atoms with Gasteiger partial charge in [0.1, 0.15) is 29.5 Å². The first-order valence-corrected chi connectivity index (χ1v) is 19.5. The summed E-state index contributed by atoms with van der Waals surface area (Å²) in [6.45, 7) is 7.62. The number of aromatic nitrogens is 10. The molecule has 0 aromatic carbocycles. The van der Waals surface area contributed by atoms with Crippen LogP contribution in [0.3, 0.4) is 0 Å². The van der Waals surface area contributed by atoms with E-state index in [4.69, 9.17) is 4.74 Å². The fraction of sp³-hybridized carbons (Fsp3) is 0.235. The molecule has 0 aliphatic rings. The maximum atomic E-state index is 13.0. The highest BCUT2D eigenvalue weighted by atomic mass is 28.3. The van der Waals surface area contributed by atoms with Gasteiger partial charge in [0.25, 0.3) is 0 Å². The van der Waals surface area contributed by atoms with Crippen LogP contribution < -0.4 is 0 Å². The average molecular weight is 741 g/mol. The average Bonchev–Trinajstić information content (AvgIpc) is 3.91. The number of ether oxygens (including phenoxy) is 1. The highest BCUT2D eigenvalue weighted by molar-refractivity contribution is 6.76. The number of hydrogen-bond donors (Lipinski definition) is 3. The molecule has 11 nitrogen and oxygen atoms in total. The fourth-order valence-corrected chi connectivity index (χ4v) is 5.21. The van der Waals surface area contributed by atoms with Gasteiger partial charge in [0, 0.05) is 56.8 Å². The van der Waals surface area contributed by atoms with Gasteiger partial charge < -0.3 is 14.7 Å². The van der Waals surface area contributed by atoms with Gasteiger partial charge in [0.2, 0.25) is 0 Å². The number of alkyl halides is 6. The number of rotatable bonds is 11. The van der Waals surface area contributed by atoms with Gasteiger partial charge in [-0.05, 0) is 29.3 Å². The first kappa shape index (κ1) is 37.6. The van der Waals surface area contributed by atoms with Crippen molar-refractivity contribution in [2.24, 2.45) is 0 Å². The summed E-state index contributed by atoms with van der Waals surface area (Å²) in [5.74, 6) is 0.129. The summed E-state index contributed by atoms with van der Waals surface area (Å²) in [5, 5.41) is 10.9. The highest BCUT2D eigenvalue weighted by Gasteiger charge is 2.34. The monoisotopic (exact) mass is 740 g/mol. The summed E-state index contributed by atoms with van der Waals surface area (Å²) in [5.41, 5.74) is 1.85. The van der Waals surface area contributed by atoms with Crippen LogP contribution in [0.5, 0.6) is 0 Å². The predicted molar refractivity (Wildman–Crippen MR) is 186 cm³/mol. The molecule has 18 heteroatoms. The quantitative estimate of drug-likeness (QED) is 0.0687. The van der Waals surface area contributed by atoms with Gasteiger partial charge in [-0.15, -0.1) is 0 Å². The van der Waals surface area contributed by atoms with Crippen molar-refractivity contribution in [2.45, 2.75) is 44.8 Å². The van der Waals surface area contributed by atoms with E-state index in [9.17, 15) is 26.3 Å². The zero-order valence-electron chi connectivity index (χ0n) is 28.2. The first-order valence-electron chi connectivity index (χ1n) is 15.8. The Morgan fingerprint density at radius 1 is 0.750 bits per heavy atom. The molecule has 0 aliphatic heterocycles. The van der Waals surface area contributed by atoms with Gasteiger partial charge >= 0.3 is 12.4 Å². The number of imidazole rings is 2. The van der Waals surface area contributed by atoms with E-state index in [-0.39, 0.29) is 18.4 Å². The second kappa shape index (κ2) is 16.2. The maximum absolute atomic E-state index is 13.0. The van der Waals surface area contributed by atoms with Crippen LogP contribution in [0.1, 0.15) is 33.6 Å². The zero-order chi connectivity index (χ0) is 37.4. The Morgan fingerprint density at radius 2 is 1.33 bits per heavy atom. The topological polar surface area (TPSA) is 139 Å². The van der Waals surface area contributed by atoms with E-state index in [0.29, 0.717) is 29.1 Å². The minimum Gasteiger partial charge on any atom is -0.360 e. The summed E-state index contributed by atoms with van der Waals surface area (Å²) in [6.07, 6.45) is 9.59. The largest absolute Gasteiger partial charge is 0.432 e. The lowest BCUT2D eigenvalue weighted by atomic mass is 10.2. The van der Waals surface area contributed by atoms with E-state index in [1.54, 1.807) is 66.0 Å². The summed E-state index contributed by atoms with van der Waals surface area (Å²) < 4.78 is 83.9. The molecule has 3 N–H and O–H groups in total. The van der Waals surface area contributed by atoms with Crippen LogP contribution in [-0.4, -0.2) is 64.6 Å². The molecule has 0 saturated heterocycles. The number of pyridine rings is 2. The van der Waals surface area contributed by atoms with Gasteiger partial charge in [-0.2, -0.15) is 36.5 Å². The van der Waals surface area contributed by atoms with Crippen LogP contribution in [-0.2, 0) is 23.8 Å². The Morgan fingerprint density at radius 3 is 1.87 bits per heavy atom. The predicted octanol–water partition coefficient (Wildman–Crippen LogP) is 8.55. The molecule has 6 rings (SSSR count). The van der Waals surface area contributed by atoms with E-state index in [1.807, 2.05) is 18.2 Å². The van der Waals surface area contributed by atoms with Gasteiger partial charge in [0.15, 0.2) is 11.6 Å². The van der Waals surface area contributed by atoms with E-state index < -0.39 is 31.8 Å². The van der Waals surface area contributed by atoms with Crippen molar-refractivity contribution in [3.63, 3.8) is 0 Å². The van der Waals surface area contributed by atoms with Gasteiger partial charge in [0.05, 0.1) is 18.6 Å². The van der Waals surface area contributed by atoms with Crippen molar-refractivity contribution in [2.75, 3.05) is 6.61 Å². The van der Waals surface area contributed by atoms with Crippen LogP contribution in [0.2, 0.25) is 25.7 Å². The zero-order valence-corrected chi connectivity index (χ0v) is 29.2. The Balaban J connectivity index is 0.000000210. The molecule has 0 amide bonds. The van der Waals surface area contributed by atoms with Crippen LogP contribution in [0.25, 0.3) is 47.3 Å². The molecule has 0 radical (unpaired) electrons. The number of aromatic amines is 3. The molecule has 0 aliphatic carbocycles. The third-order valence-electron chi connectivity index (χ3n) is 7.18. The Labute approximate surface area is 295 Å². The van der Waals surface area contributed by atoms with Gasteiger partial charge in [-0.1, -0.05) is 56.1 Å². The van der Waals surface area contributed by atoms with Crippen LogP contribution in [0.15, 0.2) is 73.8 Å². The maximum Gasteiger partial charge on any atom is 0.432 e. The van der Waals surface area contributed by atoms with Crippen LogP contribution >= 0.6 is 0 Å². The van der Waals surface area contributed by atoms with Crippen molar-refractivity contribution >= 4 is 32.4 Å². The molecule has 272 valence electrons. The van der Waals surface area contributed by atoms with Crippen molar-refractivity contribution in [1.29, 1.82) is 0 Å². The number of H-pyrrole nitrogens is 3.